The Morgan fingerprint density at radius 1 is 1.25 bits per heavy atom. The molecule has 2 aliphatic rings. The topological polar surface area (TPSA) is 59.1 Å². The lowest BCUT2D eigenvalue weighted by Crippen LogP contribution is -2.43. The van der Waals surface area contributed by atoms with Crippen LogP contribution >= 0.6 is 0 Å². The second kappa shape index (κ2) is 3.90. The second-order valence-corrected chi connectivity index (χ2v) is 6.81. The first kappa shape index (κ1) is 13.3. The number of rotatable bonds is 2. The normalized spacial score (nSPS) is 34.2. The summed E-state index contributed by atoms with van der Waals surface area (Å²) in [5, 5.41) is 2.89. The van der Waals surface area contributed by atoms with Crippen LogP contribution in [0.2, 0.25) is 0 Å². The zero-order chi connectivity index (χ0) is 14.6. The molecule has 1 amide bonds. The maximum absolute atomic E-state index is 12.8. The third kappa shape index (κ3) is 1.39. The summed E-state index contributed by atoms with van der Waals surface area (Å²) < 4.78 is 0. The smallest absolute Gasteiger partial charge is 0.232 e. The number of amides is 1. The van der Waals surface area contributed by atoms with Gasteiger partial charge in [0, 0.05) is 18.0 Å². The number of hydrogen-bond acceptors (Lipinski definition) is 3. The van der Waals surface area contributed by atoms with Gasteiger partial charge in [-0.3, -0.25) is 9.59 Å². The molecule has 0 saturated heterocycles. The summed E-state index contributed by atoms with van der Waals surface area (Å²) in [6, 6.07) is 5.42. The van der Waals surface area contributed by atoms with Gasteiger partial charge in [-0.25, -0.2) is 4.98 Å². The second-order valence-electron chi connectivity index (χ2n) is 6.81. The molecule has 0 unspecified atom stereocenters. The molecule has 4 nitrogen and oxygen atoms in total. The first-order chi connectivity index (χ1) is 9.33. The van der Waals surface area contributed by atoms with Crippen molar-refractivity contribution in [3.8, 4) is 0 Å². The van der Waals surface area contributed by atoms with Gasteiger partial charge in [-0.1, -0.05) is 26.8 Å². The summed E-state index contributed by atoms with van der Waals surface area (Å²) in [7, 11) is 0. The molecule has 2 fully saturated rings. The van der Waals surface area contributed by atoms with E-state index in [1.165, 1.54) is 0 Å². The van der Waals surface area contributed by atoms with Crippen molar-refractivity contribution in [2.45, 2.75) is 40.0 Å². The van der Waals surface area contributed by atoms with Crippen LogP contribution in [-0.4, -0.2) is 16.7 Å². The first-order valence-electron chi connectivity index (χ1n) is 7.09. The number of hydrogen-bond donors (Lipinski definition) is 1. The number of anilines is 1. The van der Waals surface area contributed by atoms with Gasteiger partial charge in [0.05, 0.1) is 5.41 Å². The van der Waals surface area contributed by atoms with Gasteiger partial charge in [0.15, 0.2) is 0 Å². The fourth-order valence-corrected chi connectivity index (χ4v) is 4.03. The first-order valence-corrected chi connectivity index (χ1v) is 7.09. The van der Waals surface area contributed by atoms with Crippen LogP contribution in [0, 0.1) is 16.2 Å². The zero-order valence-electron chi connectivity index (χ0n) is 12.2. The van der Waals surface area contributed by atoms with Crippen molar-refractivity contribution in [1.82, 2.24) is 4.98 Å². The highest BCUT2D eigenvalue weighted by atomic mass is 16.2. The fourth-order valence-electron chi connectivity index (χ4n) is 4.03. The molecular weight excluding hydrogens is 252 g/mol. The molecular formula is C16H20N2O2. The standard InChI is InChI=1S/C16H20N2O2/c1-14(2)15(3)7-8-16(14,10-11(15)19)13(20)18-12-6-4-5-9-17-12/h4-6,9H,7-8,10H2,1-3H3,(H,17,18,20)/t15-,16+/m0/s1. The van der Waals surface area contributed by atoms with Crippen LogP contribution in [-0.2, 0) is 9.59 Å². The van der Waals surface area contributed by atoms with Crippen molar-refractivity contribution >= 4 is 17.5 Å². The minimum absolute atomic E-state index is 0.0595. The zero-order valence-corrected chi connectivity index (χ0v) is 12.2. The molecule has 106 valence electrons. The van der Waals surface area contributed by atoms with Gasteiger partial charge in [0.1, 0.15) is 11.6 Å². The number of nitrogens with one attached hydrogen (secondary N) is 1. The number of aromatic nitrogens is 1. The van der Waals surface area contributed by atoms with E-state index in [1.807, 2.05) is 19.1 Å². The number of Topliss-reactive ketones (excluding diaryl/α,β-unsaturated/α-hetero) is 1. The van der Waals surface area contributed by atoms with Gasteiger partial charge in [-0.2, -0.15) is 0 Å². The average Bonchev–Trinajstić information content (AvgIpc) is 2.70. The summed E-state index contributed by atoms with van der Waals surface area (Å²) in [4.78, 5) is 29.3. The Kier molecular flexibility index (Phi) is 2.59. The molecule has 0 aliphatic heterocycles. The van der Waals surface area contributed by atoms with E-state index >= 15 is 0 Å². The summed E-state index contributed by atoms with van der Waals surface area (Å²) in [5.74, 6) is 0.719. The van der Waals surface area contributed by atoms with Crippen LogP contribution in [0.1, 0.15) is 40.0 Å². The third-order valence-corrected chi connectivity index (χ3v) is 6.05. The van der Waals surface area contributed by atoms with E-state index in [9.17, 15) is 9.59 Å². The highest BCUT2D eigenvalue weighted by molar-refractivity contribution is 6.04. The fraction of sp³-hybridized carbons (Fsp3) is 0.562. The lowest BCUT2D eigenvalue weighted by Gasteiger charge is -2.38. The number of ketones is 1. The SMILES string of the molecule is CC1(C)[C@]2(C(=O)Nc3ccccn3)CC[C@@]1(C)C(=O)C2. The monoisotopic (exact) mass is 272 g/mol. The number of fused-ring (bicyclic) bond motifs is 2. The van der Waals surface area contributed by atoms with Gasteiger partial charge in [-0.15, -0.1) is 0 Å². The van der Waals surface area contributed by atoms with Crippen LogP contribution in [0.3, 0.4) is 0 Å². The van der Waals surface area contributed by atoms with Crippen LogP contribution in [0.4, 0.5) is 5.82 Å². The Morgan fingerprint density at radius 2 is 2.00 bits per heavy atom. The molecule has 20 heavy (non-hydrogen) atoms. The predicted molar refractivity (Wildman–Crippen MR) is 76.0 cm³/mol. The van der Waals surface area contributed by atoms with E-state index in [0.29, 0.717) is 12.2 Å². The maximum atomic E-state index is 12.8. The number of pyridine rings is 1. The Labute approximate surface area is 119 Å². The molecule has 1 aromatic heterocycles. The maximum Gasteiger partial charge on any atom is 0.232 e. The van der Waals surface area contributed by atoms with Gasteiger partial charge in [-0.05, 0) is 30.4 Å². The Bertz CT molecular complexity index is 581. The van der Waals surface area contributed by atoms with E-state index < -0.39 is 5.41 Å². The summed E-state index contributed by atoms with van der Waals surface area (Å²) in [6.07, 6.45) is 3.58. The summed E-state index contributed by atoms with van der Waals surface area (Å²) in [6.45, 7) is 6.13. The molecule has 3 rings (SSSR count). The van der Waals surface area contributed by atoms with Crippen LogP contribution in [0.25, 0.3) is 0 Å². The van der Waals surface area contributed by atoms with Gasteiger partial charge in [0.25, 0.3) is 0 Å². The molecule has 1 N–H and O–H groups in total. The van der Waals surface area contributed by atoms with Crippen LogP contribution in [0.5, 0.6) is 0 Å². The predicted octanol–water partition coefficient (Wildman–Crippen LogP) is 2.81. The van der Waals surface area contributed by atoms with Gasteiger partial charge < -0.3 is 5.32 Å². The van der Waals surface area contributed by atoms with Crippen molar-refractivity contribution in [2.75, 3.05) is 5.32 Å². The lowest BCUT2D eigenvalue weighted by molar-refractivity contribution is -0.131. The van der Waals surface area contributed by atoms with Gasteiger partial charge in [0.2, 0.25) is 5.91 Å². The van der Waals surface area contributed by atoms with E-state index in [-0.39, 0.29) is 22.5 Å². The largest absolute Gasteiger partial charge is 0.310 e. The molecule has 0 spiro atoms. The minimum Gasteiger partial charge on any atom is -0.310 e. The quantitative estimate of drug-likeness (QED) is 0.900. The molecule has 1 heterocycles. The van der Waals surface area contributed by atoms with Crippen molar-refractivity contribution in [3.63, 3.8) is 0 Å². The van der Waals surface area contributed by atoms with Crippen molar-refractivity contribution in [1.29, 1.82) is 0 Å². The molecule has 2 bridgehead atoms. The van der Waals surface area contributed by atoms with Gasteiger partial charge >= 0.3 is 0 Å². The molecule has 0 radical (unpaired) electrons. The number of carbonyl (C=O) groups excluding carboxylic acids is 2. The average molecular weight is 272 g/mol. The van der Waals surface area contributed by atoms with E-state index in [2.05, 4.69) is 24.1 Å². The lowest BCUT2D eigenvalue weighted by atomic mass is 9.64. The Balaban J connectivity index is 1.94. The summed E-state index contributed by atoms with van der Waals surface area (Å²) in [5.41, 5.74) is -1.26. The van der Waals surface area contributed by atoms with E-state index in [1.54, 1.807) is 12.3 Å². The van der Waals surface area contributed by atoms with E-state index in [4.69, 9.17) is 0 Å². The molecule has 1 aromatic rings. The third-order valence-electron chi connectivity index (χ3n) is 6.05. The molecule has 4 heteroatoms. The Hall–Kier alpha value is -1.71. The van der Waals surface area contributed by atoms with Crippen molar-refractivity contribution in [2.24, 2.45) is 16.2 Å². The van der Waals surface area contributed by atoms with Crippen molar-refractivity contribution < 1.29 is 9.59 Å². The molecule has 2 saturated carbocycles. The highest BCUT2D eigenvalue weighted by Gasteiger charge is 2.72. The number of carbonyl (C=O) groups is 2. The highest BCUT2D eigenvalue weighted by Crippen LogP contribution is 2.70. The summed E-state index contributed by atoms with van der Waals surface area (Å²) >= 11 is 0. The molecule has 2 aliphatic carbocycles. The Morgan fingerprint density at radius 3 is 2.50 bits per heavy atom. The van der Waals surface area contributed by atoms with Crippen LogP contribution < -0.4 is 5.32 Å². The molecule has 0 aromatic carbocycles. The minimum atomic E-state index is -0.587. The molecule has 2 atom stereocenters. The number of nitrogens with zero attached hydrogens (tertiary/aromatic N) is 1. The van der Waals surface area contributed by atoms with E-state index in [0.717, 1.165) is 12.8 Å². The van der Waals surface area contributed by atoms with Crippen molar-refractivity contribution in [3.05, 3.63) is 24.4 Å². The van der Waals surface area contributed by atoms with Crippen LogP contribution in [0.15, 0.2) is 24.4 Å².